The van der Waals surface area contributed by atoms with Crippen molar-refractivity contribution in [2.45, 2.75) is 20.8 Å². The number of hydrogen-bond donors (Lipinski definition) is 1. The Morgan fingerprint density at radius 3 is 2.74 bits per heavy atom. The van der Waals surface area contributed by atoms with Crippen LogP contribution in [0.15, 0.2) is 6.20 Å². The van der Waals surface area contributed by atoms with Crippen LogP contribution in [0.25, 0.3) is 0 Å². The number of sulfonamides is 1. The third-order valence-corrected chi connectivity index (χ3v) is 5.13. The average molecular weight is 284 g/mol. The molecule has 2 heterocycles. The van der Waals surface area contributed by atoms with Gasteiger partial charge in [-0.25, -0.2) is 17.7 Å². The molecule has 1 saturated heterocycles. The summed E-state index contributed by atoms with van der Waals surface area (Å²) in [5, 5.41) is 3.25. The molecule has 106 valence electrons. The van der Waals surface area contributed by atoms with Gasteiger partial charge in [0.2, 0.25) is 10.0 Å². The third kappa shape index (κ3) is 3.22. The van der Waals surface area contributed by atoms with E-state index < -0.39 is 10.0 Å². The average Bonchev–Trinajstić information content (AvgIpc) is 2.31. The Morgan fingerprint density at radius 2 is 2.11 bits per heavy atom. The van der Waals surface area contributed by atoms with E-state index in [1.165, 1.54) is 4.31 Å². The SMILES string of the molecule is CCS(=O)(=O)N1CC(CNc2nc(C)cnc2C)C1. The lowest BCUT2D eigenvalue weighted by atomic mass is 10.0. The summed E-state index contributed by atoms with van der Waals surface area (Å²) in [7, 11) is -3.01. The van der Waals surface area contributed by atoms with Gasteiger partial charge < -0.3 is 5.32 Å². The highest BCUT2D eigenvalue weighted by Crippen LogP contribution is 2.20. The zero-order valence-electron chi connectivity index (χ0n) is 11.5. The Kier molecular flexibility index (Phi) is 4.05. The molecule has 0 radical (unpaired) electrons. The molecule has 1 N–H and O–H groups in total. The fraction of sp³-hybridized carbons (Fsp3) is 0.667. The second-order valence-corrected chi connectivity index (χ2v) is 7.17. The van der Waals surface area contributed by atoms with Crippen LogP contribution in [-0.4, -0.2) is 48.1 Å². The Bertz CT molecular complexity index is 553. The molecule has 6 nitrogen and oxygen atoms in total. The Morgan fingerprint density at radius 1 is 1.42 bits per heavy atom. The van der Waals surface area contributed by atoms with Crippen molar-refractivity contribution in [1.29, 1.82) is 0 Å². The minimum atomic E-state index is -3.01. The maximum atomic E-state index is 11.6. The smallest absolute Gasteiger partial charge is 0.213 e. The maximum Gasteiger partial charge on any atom is 0.213 e. The lowest BCUT2D eigenvalue weighted by Crippen LogP contribution is -2.52. The first kappa shape index (κ1) is 14.2. The van der Waals surface area contributed by atoms with Crippen LogP contribution in [0, 0.1) is 19.8 Å². The van der Waals surface area contributed by atoms with Gasteiger partial charge >= 0.3 is 0 Å². The fourth-order valence-electron chi connectivity index (χ4n) is 2.01. The molecule has 0 aromatic carbocycles. The number of aromatic nitrogens is 2. The van der Waals surface area contributed by atoms with Crippen LogP contribution in [0.4, 0.5) is 5.82 Å². The van der Waals surface area contributed by atoms with Crippen LogP contribution in [-0.2, 0) is 10.0 Å². The zero-order valence-corrected chi connectivity index (χ0v) is 12.4. The highest BCUT2D eigenvalue weighted by Gasteiger charge is 2.34. The van der Waals surface area contributed by atoms with Gasteiger partial charge in [-0.1, -0.05) is 0 Å². The molecule has 0 saturated carbocycles. The summed E-state index contributed by atoms with van der Waals surface area (Å²) in [5.74, 6) is 1.31. The van der Waals surface area contributed by atoms with Gasteiger partial charge in [-0.3, -0.25) is 4.98 Å². The minimum absolute atomic E-state index is 0.176. The number of nitrogens with zero attached hydrogens (tertiary/aromatic N) is 3. The molecule has 7 heteroatoms. The molecule has 0 amide bonds. The molecule has 0 aliphatic carbocycles. The Labute approximate surface area is 114 Å². The Hall–Kier alpha value is -1.21. The van der Waals surface area contributed by atoms with Crippen molar-refractivity contribution in [2.75, 3.05) is 30.7 Å². The fourth-order valence-corrected chi connectivity index (χ4v) is 3.25. The van der Waals surface area contributed by atoms with Crippen molar-refractivity contribution in [3.8, 4) is 0 Å². The number of rotatable bonds is 5. The standard InChI is InChI=1S/C12H20N4O2S/c1-4-19(17,18)16-7-11(8-16)6-14-12-10(3)13-5-9(2)15-12/h5,11H,4,6-8H2,1-3H3,(H,14,15). The van der Waals surface area contributed by atoms with Crippen molar-refractivity contribution in [2.24, 2.45) is 5.92 Å². The quantitative estimate of drug-likeness (QED) is 0.865. The third-order valence-electron chi connectivity index (χ3n) is 3.32. The second kappa shape index (κ2) is 5.42. The van der Waals surface area contributed by atoms with E-state index in [9.17, 15) is 8.42 Å². The van der Waals surface area contributed by atoms with E-state index in [0.717, 1.165) is 23.8 Å². The molecule has 1 aliphatic heterocycles. The first-order valence-electron chi connectivity index (χ1n) is 6.44. The van der Waals surface area contributed by atoms with E-state index in [1.807, 2.05) is 13.8 Å². The molecular weight excluding hydrogens is 264 g/mol. The van der Waals surface area contributed by atoms with Crippen LogP contribution in [0.3, 0.4) is 0 Å². The van der Waals surface area contributed by atoms with E-state index in [0.29, 0.717) is 19.0 Å². The summed E-state index contributed by atoms with van der Waals surface area (Å²) in [5.41, 5.74) is 1.74. The van der Waals surface area contributed by atoms with E-state index in [1.54, 1.807) is 13.1 Å². The summed E-state index contributed by atoms with van der Waals surface area (Å²) >= 11 is 0. The summed E-state index contributed by atoms with van der Waals surface area (Å²) in [6.07, 6.45) is 1.74. The van der Waals surface area contributed by atoms with Crippen molar-refractivity contribution in [1.82, 2.24) is 14.3 Å². The normalized spacial score (nSPS) is 17.2. The number of aryl methyl sites for hydroxylation is 2. The minimum Gasteiger partial charge on any atom is -0.368 e. The predicted molar refractivity (Wildman–Crippen MR) is 74.5 cm³/mol. The second-order valence-electron chi connectivity index (χ2n) is 4.91. The lowest BCUT2D eigenvalue weighted by Gasteiger charge is -2.38. The molecule has 1 aromatic heterocycles. The molecule has 0 spiro atoms. The molecule has 0 unspecified atom stereocenters. The van der Waals surface area contributed by atoms with Gasteiger partial charge in [0.15, 0.2) is 0 Å². The molecule has 0 bridgehead atoms. The van der Waals surface area contributed by atoms with E-state index >= 15 is 0 Å². The van der Waals surface area contributed by atoms with Crippen molar-refractivity contribution >= 4 is 15.8 Å². The Balaban J connectivity index is 1.84. The van der Waals surface area contributed by atoms with Crippen LogP contribution in [0.1, 0.15) is 18.3 Å². The van der Waals surface area contributed by atoms with Gasteiger partial charge in [-0.15, -0.1) is 0 Å². The van der Waals surface area contributed by atoms with E-state index in [4.69, 9.17) is 0 Å². The van der Waals surface area contributed by atoms with Gasteiger partial charge in [0, 0.05) is 31.7 Å². The number of anilines is 1. The van der Waals surface area contributed by atoms with Gasteiger partial charge in [0.1, 0.15) is 5.82 Å². The largest absolute Gasteiger partial charge is 0.368 e. The summed E-state index contributed by atoms with van der Waals surface area (Å²) in [6.45, 7) is 7.41. The molecule has 1 fully saturated rings. The van der Waals surface area contributed by atoms with Gasteiger partial charge in [-0.05, 0) is 20.8 Å². The van der Waals surface area contributed by atoms with Crippen molar-refractivity contribution in [3.05, 3.63) is 17.6 Å². The first-order valence-corrected chi connectivity index (χ1v) is 8.05. The predicted octanol–water partition coefficient (Wildman–Crippen LogP) is 0.787. The molecule has 2 rings (SSSR count). The molecule has 19 heavy (non-hydrogen) atoms. The monoisotopic (exact) mass is 284 g/mol. The number of hydrogen-bond acceptors (Lipinski definition) is 5. The van der Waals surface area contributed by atoms with E-state index in [-0.39, 0.29) is 5.75 Å². The highest BCUT2D eigenvalue weighted by atomic mass is 32.2. The molecule has 1 aromatic rings. The number of nitrogens with one attached hydrogen (secondary N) is 1. The summed E-state index contributed by atoms with van der Waals surface area (Å²) in [6, 6.07) is 0. The van der Waals surface area contributed by atoms with Crippen LogP contribution in [0.5, 0.6) is 0 Å². The van der Waals surface area contributed by atoms with Gasteiger partial charge in [0.25, 0.3) is 0 Å². The van der Waals surface area contributed by atoms with Crippen LogP contribution < -0.4 is 5.32 Å². The lowest BCUT2D eigenvalue weighted by molar-refractivity contribution is 0.212. The van der Waals surface area contributed by atoms with Crippen LogP contribution >= 0.6 is 0 Å². The van der Waals surface area contributed by atoms with Gasteiger partial charge in [-0.2, -0.15) is 0 Å². The molecular formula is C12H20N4O2S. The zero-order chi connectivity index (χ0) is 14.0. The summed E-state index contributed by atoms with van der Waals surface area (Å²) in [4.78, 5) is 8.62. The maximum absolute atomic E-state index is 11.6. The van der Waals surface area contributed by atoms with Crippen LogP contribution in [0.2, 0.25) is 0 Å². The highest BCUT2D eigenvalue weighted by molar-refractivity contribution is 7.89. The topological polar surface area (TPSA) is 75.2 Å². The van der Waals surface area contributed by atoms with Crippen molar-refractivity contribution in [3.63, 3.8) is 0 Å². The first-order chi connectivity index (χ1) is 8.92. The van der Waals surface area contributed by atoms with Gasteiger partial charge in [0.05, 0.1) is 17.1 Å². The molecule has 0 atom stereocenters. The van der Waals surface area contributed by atoms with Crippen molar-refractivity contribution < 1.29 is 8.42 Å². The summed E-state index contributed by atoms with van der Waals surface area (Å²) < 4.78 is 24.7. The van der Waals surface area contributed by atoms with E-state index in [2.05, 4.69) is 15.3 Å². The molecule has 1 aliphatic rings.